The second kappa shape index (κ2) is 7.27. The van der Waals surface area contributed by atoms with Crippen LogP contribution in [-0.4, -0.2) is 53.9 Å². The van der Waals surface area contributed by atoms with Crippen LogP contribution in [0.3, 0.4) is 0 Å². The minimum absolute atomic E-state index is 0.00533. The highest BCUT2D eigenvalue weighted by molar-refractivity contribution is 7.89. The Labute approximate surface area is 176 Å². The Morgan fingerprint density at radius 1 is 1.26 bits per heavy atom. The molecule has 3 heterocycles. The normalized spacial score (nSPS) is 21.3. The lowest BCUT2D eigenvalue weighted by Gasteiger charge is -2.32. The number of hydrogen-bond acceptors (Lipinski definition) is 9. The molecule has 31 heavy (non-hydrogen) atoms. The van der Waals surface area contributed by atoms with Crippen molar-refractivity contribution in [2.75, 3.05) is 24.7 Å². The first-order chi connectivity index (χ1) is 14.8. The molecule has 3 aromatic rings. The van der Waals surface area contributed by atoms with Crippen LogP contribution in [0.4, 0.5) is 10.2 Å². The van der Waals surface area contributed by atoms with Gasteiger partial charge in [0.05, 0.1) is 6.04 Å². The molecule has 2 atom stereocenters. The number of hydrogen-bond donors (Lipinski definition) is 2. The molecule has 1 saturated heterocycles. The Hall–Kier alpha value is -3.06. The average Bonchev–Trinajstić information content (AvgIpc) is 3.31. The minimum atomic E-state index is -2.73. The summed E-state index contributed by atoms with van der Waals surface area (Å²) in [4.78, 5) is 12.4. The molecule has 1 aromatic carbocycles. The highest BCUT2D eigenvalue weighted by Crippen LogP contribution is 2.38. The first-order valence-electron chi connectivity index (χ1n) is 9.76. The van der Waals surface area contributed by atoms with Gasteiger partial charge in [-0.15, -0.1) is 0 Å². The topological polar surface area (TPSA) is 143 Å². The predicted octanol–water partition coefficient (Wildman–Crippen LogP) is 1.64. The molecule has 1 aliphatic heterocycles. The van der Waals surface area contributed by atoms with Crippen molar-refractivity contribution < 1.29 is 17.8 Å². The first kappa shape index (κ1) is 19.9. The van der Waals surface area contributed by atoms with Gasteiger partial charge in [-0.05, 0) is 52.8 Å². The van der Waals surface area contributed by atoms with E-state index in [4.69, 9.17) is 13.9 Å². The van der Waals surface area contributed by atoms with Gasteiger partial charge >= 0.3 is 5.76 Å². The number of anilines is 1. The summed E-state index contributed by atoms with van der Waals surface area (Å²) in [6, 6.07) is 4.07. The first-order valence-corrected chi connectivity index (χ1v) is 11.7. The van der Waals surface area contributed by atoms with E-state index in [-0.39, 0.29) is 23.4 Å². The zero-order valence-corrected chi connectivity index (χ0v) is 17.4. The fourth-order valence-electron chi connectivity index (χ4n) is 4.14. The molecule has 2 aromatic heterocycles. The van der Waals surface area contributed by atoms with E-state index in [0.717, 1.165) is 5.56 Å². The summed E-state index contributed by atoms with van der Waals surface area (Å²) in [5.41, 5.74) is 1.87. The summed E-state index contributed by atoms with van der Waals surface area (Å²) in [6.45, 7) is 1.02. The van der Waals surface area contributed by atoms with Crippen molar-refractivity contribution in [1.29, 1.82) is 4.78 Å². The lowest BCUT2D eigenvalue weighted by molar-refractivity contribution is 0.307. The van der Waals surface area contributed by atoms with Crippen LogP contribution >= 0.6 is 0 Å². The average molecular weight is 449 g/mol. The number of halogens is 1. The summed E-state index contributed by atoms with van der Waals surface area (Å²) in [5, 5.41) is 14.9. The molecular weight excluding hydrogens is 429 g/mol. The van der Waals surface area contributed by atoms with Crippen LogP contribution in [0, 0.1) is 10.6 Å². The Balaban J connectivity index is 1.39. The lowest BCUT2D eigenvalue weighted by atomic mass is 9.83. The summed E-state index contributed by atoms with van der Waals surface area (Å²) >= 11 is 0. The van der Waals surface area contributed by atoms with E-state index < -0.39 is 21.7 Å². The van der Waals surface area contributed by atoms with Gasteiger partial charge in [-0.2, -0.15) is 0 Å². The molecule has 2 N–H and O–H groups in total. The molecule has 2 aliphatic rings. The molecule has 0 amide bonds. The standard InChI is InChI=1S/C18H20FN7O4S/c1-31(20,28)25-6-4-12(5-7-25)21-16-15(22-30-23-16)17-24-29-18(27)26(17)14-8-10-2-3-11(19)9-13(10)14/h2-3,9,12,14,20H,4-8H2,1H3,(H,21,23)/t14-,31?/m0/s1. The number of aromatic nitrogens is 4. The fourth-order valence-corrected chi connectivity index (χ4v) is 5.05. The summed E-state index contributed by atoms with van der Waals surface area (Å²) in [5.74, 6) is -0.600. The molecule has 11 nitrogen and oxygen atoms in total. The molecule has 13 heteroatoms. The molecule has 0 saturated carbocycles. The van der Waals surface area contributed by atoms with Crippen LogP contribution in [0.2, 0.25) is 0 Å². The summed E-state index contributed by atoms with van der Waals surface area (Å²) in [6.07, 6.45) is 3.25. The molecule has 1 fully saturated rings. The molecule has 0 radical (unpaired) electrons. The van der Waals surface area contributed by atoms with Crippen molar-refractivity contribution in [2.24, 2.45) is 0 Å². The third-order valence-electron chi connectivity index (χ3n) is 5.81. The molecule has 0 spiro atoms. The second-order valence-electron chi connectivity index (χ2n) is 7.82. The monoisotopic (exact) mass is 449 g/mol. The van der Waals surface area contributed by atoms with E-state index in [0.29, 0.717) is 43.7 Å². The van der Waals surface area contributed by atoms with Gasteiger partial charge in [-0.3, -0.25) is 4.52 Å². The number of benzene rings is 1. The third kappa shape index (κ3) is 3.53. The van der Waals surface area contributed by atoms with Gasteiger partial charge in [0.15, 0.2) is 5.69 Å². The highest BCUT2D eigenvalue weighted by Gasteiger charge is 2.35. The number of nitrogens with zero attached hydrogens (tertiary/aromatic N) is 5. The van der Waals surface area contributed by atoms with Crippen molar-refractivity contribution in [3.05, 3.63) is 45.7 Å². The molecule has 1 aliphatic carbocycles. The maximum atomic E-state index is 13.7. The zero-order chi connectivity index (χ0) is 21.8. The number of nitrogens with one attached hydrogen (secondary N) is 2. The van der Waals surface area contributed by atoms with E-state index in [1.165, 1.54) is 23.0 Å². The van der Waals surface area contributed by atoms with Gasteiger partial charge in [0.1, 0.15) is 15.7 Å². The summed E-state index contributed by atoms with van der Waals surface area (Å²) in [7, 11) is -2.73. The van der Waals surface area contributed by atoms with Gasteiger partial charge in [0.2, 0.25) is 11.6 Å². The Bertz CT molecular complexity index is 1290. The van der Waals surface area contributed by atoms with E-state index in [9.17, 15) is 13.4 Å². The van der Waals surface area contributed by atoms with E-state index in [1.807, 2.05) is 0 Å². The molecule has 0 bridgehead atoms. The van der Waals surface area contributed by atoms with Crippen LogP contribution in [0.25, 0.3) is 11.5 Å². The molecule has 1 unspecified atom stereocenters. The lowest BCUT2D eigenvalue weighted by Crippen LogP contribution is -2.41. The van der Waals surface area contributed by atoms with Gasteiger partial charge in [-0.1, -0.05) is 11.2 Å². The molecule has 5 rings (SSSR count). The van der Waals surface area contributed by atoms with Crippen LogP contribution in [0.1, 0.15) is 30.0 Å². The van der Waals surface area contributed by atoms with Crippen molar-refractivity contribution in [3.8, 4) is 11.5 Å². The van der Waals surface area contributed by atoms with Gasteiger partial charge in [-0.25, -0.2) is 31.7 Å². The van der Waals surface area contributed by atoms with Crippen molar-refractivity contribution in [2.45, 2.75) is 31.3 Å². The van der Waals surface area contributed by atoms with Crippen LogP contribution in [0.5, 0.6) is 0 Å². The van der Waals surface area contributed by atoms with E-state index in [1.54, 1.807) is 10.4 Å². The largest absolute Gasteiger partial charge is 0.442 e. The van der Waals surface area contributed by atoms with Gasteiger partial charge < -0.3 is 5.32 Å². The Kier molecular flexibility index (Phi) is 4.66. The SMILES string of the molecule is CS(=N)(=O)N1CCC(Nc2nonc2-c2noc(=O)n2[C@H]2Cc3ccc(F)cc32)CC1. The third-order valence-corrected chi connectivity index (χ3v) is 7.17. The van der Waals surface area contributed by atoms with E-state index >= 15 is 0 Å². The maximum Gasteiger partial charge on any atom is 0.442 e. The van der Waals surface area contributed by atoms with Crippen molar-refractivity contribution >= 4 is 15.7 Å². The maximum absolute atomic E-state index is 13.7. The summed E-state index contributed by atoms with van der Waals surface area (Å²) < 4.78 is 46.1. The fraction of sp³-hybridized carbons (Fsp3) is 0.444. The number of rotatable bonds is 5. The predicted molar refractivity (Wildman–Crippen MR) is 107 cm³/mol. The minimum Gasteiger partial charge on any atom is -0.362 e. The van der Waals surface area contributed by atoms with Crippen molar-refractivity contribution in [3.63, 3.8) is 0 Å². The Morgan fingerprint density at radius 3 is 2.77 bits per heavy atom. The van der Waals surface area contributed by atoms with Crippen LogP contribution in [-0.2, 0) is 16.3 Å². The quantitative estimate of drug-likeness (QED) is 0.598. The smallest absolute Gasteiger partial charge is 0.362 e. The number of piperidine rings is 1. The highest BCUT2D eigenvalue weighted by atomic mass is 32.2. The second-order valence-corrected chi connectivity index (χ2v) is 9.94. The van der Waals surface area contributed by atoms with Crippen molar-refractivity contribution in [1.82, 2.24) is 24.3 Å². The van der Waals surface area contributed by atoms with Gasteiger partial charge in [0.25, 0.3) is 0 Å². The van der Waals surface area contributed by atoms with E-state index in [2.05, 4.69) is 20.8 Å². The zero-order valence-electron chi connectivity index (χ0n) is 16.6. The molecule has 164 valence electrons. The van der Waals surface area contributed by atoms with Gasteiger partial charge in [0, 0.05) is 25.4 Å². The number of fused-ring (bicyclic) bond motifs is 1. The molecular formula is C18H20FN7O4S. The Morgan fingerprint density at radius 2 is 2.03 bits per heavy atom. The van der Waals surface area contributed by atoms with Crippen LogP contribution < -0.4 is 11.1 Å². The van der Waals surface area contributed by atoms with Crippen LogP contribution in [0.15, 0.2) is 32.1 Å².